The highest BCUT2D eigenvalue weighted by Gasteiger charge is 2.19. The number of halogens is 2. The molecule has 0 spiro atoms. The predicted molar refractivity (Wildman–Crippen MR) is 71.7 cm³/mol. The van der Waals surface area contributed by atoms with Gasteiger partial charge < -0.3 is 10.6 Å². The van der Waals surface area contributed by atoms with Crippen molar-refractivity contribution in [2.75, 3.05) is 18.0 Å². The number of hydrogen-bond acceptors (Lipinski definition) is 2. The Labute approximate surface area is 106 Å². The number of nitrogens with zero attached hydrogens (tertiary/aromatic N) is 1. The lowest BCUT2D eigenvalue weighted by Crippen LogP contribution is -2.26. The van der Waals surface area contributed by atoms with E-state index in [2.05, 4.69) is 61.6 Å². The third-order valence-corrected chi connectivity index (χ3v) is 4.83. The minimum atomic E-state index is 0.341. The molecule has 1 fully saturated rings. The van der Waals surface area contributed by atoms with Gasteiger partial charge >= 0.3 is 0 Å². The van der Waals surface area contributed by atoms with E-state index in [1.807, 2.05) is 0 Å². The second kappa shape index (κ2) is 4.37. The van der Waals surface area contributed by atoms with Gasteiger partial charge in [-0.25, -0.2) is 0 Å². The Kier molecular flexibility index (Phi) is 3.34. The maximum absolute atomic E-state index is 5.88. The van der Waals surface area contributed by atoms with Crippen molar-refractivity contribution in [3.05, 3.63) is 26.2 Å². The van der Waals surface area contributed by atoms with E-state index in [-0.39, 0.29) is 0 Å². The quantitative estimate of drug-likeness (QED) is 0.774. The summed E-state index contributed by atoms with van der Waals surface area (Å²) in [6.45, 7) is 2.06. The molecule has 0 radical (unpaired) electrons. The second-order valence-electron chi connectivity index (χ2n) is 3.59. The van der Waals surface area contributed by atoms with Crippen molar-refractivity contribution in [1.82, 2.24) is 0 Å². The Morgan fingerprint density at radius 3 is 2.86 bits per heavy atom. The highest BCUT2D eigenvalue weighted by molar-refractivity contribution is 14.1. The van der Waals surface area contributed by atoms with E-state index >= 15 is 0 Å². The van der Waals surface area contributed by atoms with Crippen LogP contribution in [0.4, 0.5) is 5.69 Å². The van der Waals surface area contributed by atoms with Gasteiger partial charge in [0.05, 0.1) is 0 Å². The van der Waals surface area contributed by atoms with Crippen LogP contribution in [-0.4, -0.2) is 19.1 Å². The van der Waals surface area contributed by atoms with Crippen molar-refractivity contribution >= 4 is 44.2 Å². The number of hydrogen-bond donors (Lipinski definition) is 1. The van der Waals surface area contributed by atoms with Crippen molar-refractivity contribution in [2.45, 2.75) is 12.5 Å². The molecule has 1 aromatic carbocycles. The second-order valence-corrected chi connectivity index (χ2v) is 5.61. The Bertz CT molecular complexity index is 343. The third-order valence-electron chi connectivity index (χ3n) is 2.49. The molecule has 0 amide bonds. The molecule has 1 atom stereocenters. The zero-order valence-electron chi connectivity index (χ0n) is 7.71. The summed E-state index contributed by atoms with van der Waals surface area (Å²) < 4.78 is 2.41. The van der Waals surface area contributed by atoms with Crippen LogP contribution in [0.3, 0.4) is 0 Å². The molecule has 0 aromatic heterocycles. The maximum Gasteiger partial charge on any atom is 0.0378 e. The van der Waals surface area contributed by atoms with Crippen LogP contribution < -0.4 is 10.6 Å². The first-order valence-electron chi connectivity index (χ1n) is 4.62. The van der Waals surface area contributed by atoms with E-state index in [0.29, 0.717) is 6.04 Å². The van der Waals surface area contributed by atoms with E-state index < -0.39 is 0 Å². The van der Waals surface area contributed by atoms with Crippen molar-refractivity contribution in [1.29, 1.82) is 0 Å². The smallest absolute Gasteiger partial charge is 0.0378 e. The molecule has 0 aliphatic carbocycles. The fraction of sp³-hybridized carbons (Fsp3) is 0.400. The molecule has 1 saturated heterocycles. The van der Waals surface area contributed by atoms with E-state index in [1.165, 1.54) is 9.26 Å². The molecule has 1 unspecified atom stereocenters. The van der Waals surface area contributed by atoms with Gasteiger partial charge in [-0.1, -0.05) is 0 Å². The number of nitrogens with two attached hydrogens (primary N) is 1. The van der Waals surface area contributed by atoms with Gasteiger partial charge in [-0.2, -0.15) is 0 Å². The van der Waals surface area contributed by atoms with Gasteiger partial charge in [-0.15, -0.1) is 0 Å². The van der Waals surface area contributed by atoms with Crippen molar-refractivity contribution in [3.8, 4) is 0 Å². The largest absolute Gasteiger partial charge is 0.370 e. The van der Waals surface area contributed by atoms with Crippen LogP contribution in [0.5, 0.6) is 0 Å². The lowest BCUT2D eigenvalue weighted by atomic mass is 10.3. The van der Waals surface area contributed by atoms with Gasteiger partial charge in [0, 0.05) is 32.9 Å². The lowest BCUT2D eigenvalue weighted by Gasteiger charge is -2.18. The summed E-state index contributed by atoms with van der Waals surface area (Å²) in [7, 11) is 0. The van der Waals surface area contributed by atoms with Crippen LogP contribution in [0.2, 0.25) is 0 Å². The molecule has 76 valence electrons. The van der Waals surface area contributed by atoms with Crippen LogP contribution in [-0.2, 0) is 0 Å². The first-order chi connectivity index (χ1) is 6.66. The van der Waals surface area contributed by atoms with Gasteiger partial charge in [-0.05, 0) is 63.1 Å². The summed E-state index contributed by atoms with van der Waals surface area (Å²) in [4.78, 5) is 2.34. The van der Waals surface area contributed by atoms with Crippen LogP contribution in [0, 0.1) is 3.57 Å². The van der Waals surface area contributed by atoms with E-state index in [1.54, 1.807) is 0 Å². The molecule has 1 heterocycles. The minimum Gasteiger partial charge on any atom is -0.370 e. The monoisotopic (exact) mass is 366 g/mol. The van der Waals surface area contributed by atoms with Gasteiger partial charge in [0.2, 0.25) is 0 Å². The third kappa shape index (κ3) is 2.23. The summed E-state index contributed by atoms with van der Waals surface area (Å²) in [5, 5.41) is 0. The lowest BCUT2D eigenvalue weighted by molar-refractivity contribution is 0.752. The Morgan fingerprint density at radius 1 is 1.50 bits per heavy atom. The fourth-order valence-electron chi connectivity index (χ4n) is 1.70. The molecular weight excluding hydrogens is 355 g/mol. The maximum atomic E-state index is 5.88. The first-order valence-corrected chi connectivity index (χ1v) is 6.49. The molecule has 14 heavy (non-hydrogen) atoms. The fourth-order valence-corrected chi connectivity index (χ4v) is 2.41. The Hall–Kier alpha value is 0.190. The summed E-state index contributed by atoms with van der Waals surface area (Å²) in [5.74, 6) is 0. The SMILES string of the molecule is NC1CCN(c2ccc(I)c(Br)c2)C1. The number of anilines is 1. The van der Waals surface area contributed by atoms with Gasteiger partial charge in [0.15, 0.2) is 0 Å². The normalized spacial score (nSPS) is 21.6. The molecule has 0 saturated carbocycles. The number of rotatable bonds is 1. The van der Waals surface area contributed by atoms with Crippen molar-refractivity contribution in [2.24, 2.45) is 5.73 Å². The average molecular weight is 367 g/mol. The molecule has 1 aromatic rings. The van der Waals surface area contributed by atoms with Crippen LogP contribution in [0.15, 0.2) is 22.7 Å². The molecular formula is C10H12BrIN2. The first kappa shape index (κ1) is 10.7. The summed E-state index contributed by atoms with van der Waals surface area (Å²) in [6.07, 6.45) is 1.10. The van der Waals surface area contributed by atoms with Crippen LogP contribution in [0.25, 0.3) is 0 Å². The molecule has 2 N–H and O–H groups in total. The standard InChI is InChI=1S/C10H12BrIN2/c11-9-5-8(1-2-10(9)12)14-4-3-7(13)6-14/h1-2,5,7H,3-4,6,13H2. The predicted octanol–water partition coefficient (Wildman–Crippen LogP) is 2.59. The molecule has 0 bridgehead atoms. The van der Waals surface area contributed by atoms with Gasteiger partial charge in [0.1, 0.15) is 0 Å². The number of benzene rings is 1. The Balaban J connectivity index is 2.20. The van der Waals surface area contributed by atoms with Gasteiger partial charge in [0.25, 0.3) is 0 Å². The topological polar surface area (TPSA) is 29.3 Å². The highest BCUT2D eigenvalue weighted by Crippen LogP contribution is 2.27. The zero-order valence-corrected chi connectivity index (χ0v) is 11.5. The average Bonchev–Trinajstić information content (AvgIpc) is 2.57. The zero-order chi connectivity index (χ0) is 10.1. The van der Waals surface area contributed by atoms with Crippen LogP contribution in [0.1, 0.15) is 6.42 Å². The van der Waals surface area contributed by atoms with Crippen molar-refractivity contribution in [3.63, 3.8) is 0 Å². The molecule has 1 aliphatic rings. The van der Waals surface area contributed by atoms with E-state index in [9.17, 15) is 0 Å². The van der Waals surface area contributed by atoms with Crippen LogP contribution >= 0.6 is 38.5 Å². The van der Waals surface area contributed by atoms with Gasteiger partial charge in [-0.3, -0.25) is 0 Å². The molecule has 2 nitrogen and oxygen atoms in total. The van der Waals surface area contributed by atoms with E-state index in [0.717, 1.165) is 24.0 Å². The summed E-state index contributed by atoms with van der Waals surface area (Å²) in [5.41, 5.74) is 7.14. The Morgan fingerprint density at radius 2 is 2.29 bits per heavy atom. The summed E-state index contributed by atoms with van der Waals surface area (Å²) in [6, 6.07) is 6.79. The highest BCUT2D eigenvalue weighted by atomic mass is 127. The molecule has 2 rings (SSSR count). The molecule has 4 heteroatoms. The van der Waals surface area contributed by atoms with Crippen molar-refractivity contribution < 1.29 is 0 Å². The minimum absolute atomic E-state index is 0.341. The van der Waals surface area contributed by atoms with E-state index in [4.69, 9.17) is 5.73 Å². The molecule has 1 aliphatic heterocycles. The summed E-state index contributed by atoms with van der Waals surface area (Å²) >= 11 is 5.86.